The first-order chi connectivity index (χ1) is 8.22. The number of aryl methyl sites for hydroxylation is 2. The lowest BCUT2D eigenvalue weighted by molar-refractivity contribution is 0.0598. The predicted molar refractivity (Wildman–Crippen MR) is 63.3 cm³/mol. The molecule has 0 spiro atoms. The van der Waals surface area contributed by atoms with E-state index in [1.54, 1.807) is 10.6 Å². The van der Waals surface area contributed by atoms with E-state index in [2.05, 4.69) is 4.74 Å². The van der Waals surface area contributed by atoms with Crippen molar-refractivity contribution in [2.24, 2.45) is 0 Å². The van der Waals surface area contributed by atoms with E-state index in [9.17, 15) is 9.59 Å². The van der Waals surface area contributed by atoms with E-state index in [-0.39, 0.29) is 11.1 Å². The maximum absolute atomic E-state index is 12.1. The van der Waals surface area contributed by atoms with Crippen LogP contribution in [-0.2, 0) is 17.7 Å². The molecule has 0 bridgehead atoms. The van der Waals surface area contributed by atoms with Gasteiger partial charge in [-0.15, -0.1) is 0 Å². The van der Waals surface area contributed by atoms with Crippen molar-refractivity contribution in [2.45, 2.75) is 13.0 Å². The van der Waals surface area contributed by atoms with Gasteiger partial charge in [-0.05, 0) is 23.4 Å². The van der Waals surface area contributed by atoms with Gasteiger partial charge in [-0.25, -0.2) is 4.79 Å². The van der Waals surface area contributed by atoms with Gasteiger partial charge in [0.25, 0.3) is 5.56 Å². The summed E-state index contributed by atoms with van der Waals surface area (Å²) in [4.78, 5) is 23.6. The molecule has 0 aliphatic carbocycles. The van der Waals surface area contributed by atoms with E-state index in [0.717, 1.165) is 22.9 Å². The van der Waals surface area contributed by atoms with Gasteiger partial charge in [0.2, 0.25) is 0 Å². The summed E-state index contributed by atoms with van der Waals surface area (Å²) in [5, 5.41) is 0.917. The number of rotatable bonds is 1. The molecule has 0 amide bonds. The topological polar surface area (TPSA) is 48.3 Å². The summed E-state index contributed by atoms with van der Waals surface area (Å²) >= 11 is 0. The number of ether oxygens (including phenoxy) is 1. The Kier molecular flexibility index (Phi) is 2.04. The minimum absolute atomic E-state index is 0.110. The van der Waals surface area contributed by atoms with Gasteiger partial charge in [0.1, 0.15) is 5.56 Å². The van der Waals surface area contributed by atoms with Crippen molar-refractivity contribution in [1.82, 2.24) is 4.57 Å². The number of hydrogen-bond donors (Lipinski definition) is 0. The van der Waals surface area contributed by atoms with Crippen molar-refractivity contribution < 1.29 is 9.53 Å². The van der Waals surface area contributed by atoms with Crippen molar-refractivity contribution in [3.05, 3.63) is 45.7 Å². The number of benzene rings is 1. The fourth-order valence-corrected chi connectivity index (χ4v) is 2.42. The molecule has 4 nitrogen and oxygen atoms in total. The van der Waals surface area contributed by atoms with Crippen molar-refractivity contribution in [2.75, 3.05) is 7.11 Å². The molecular weight excluding hydrogens is 218 g/mol. The minimum atomic E-state index is -0.571. The predicted octanol–water partition coefficient (Wildman–Crippen LogP) is 1.34. The Morgan fingerprint density at radius 1 is 1.41 bits per heavy atom. The molecule has 4 heteroatoms. The molecule has 1 aromatic carbocycles. The molecule has 0 unspecified atom stereocenters. The summed E-state index contributed by atoms with van der Waals surface area (Å²) in [5.41, 5.74) is 1.97. The molecule has 86 valence electrons. The van der Waals surface area contributed by atoms with Gasteiger partial charge >= 0.3 is 5.97 Å². The molecule has 0 saturated carbocycles. The van der Waals surface area contributed by atoms with Crippen molar-refractivity contribution >= 4 is 16.9 Å². The average Bonchev–Trinajstić information content (AvgIpc) is 2.78. The number of esters is 1. The van der Waals surface area contributed by atoms with Crippen LogP contribution in [0.2, 0.25) is 0 Å². The number of methoxy groups -OCH3 is 1. The summed E-state index contributed by atoms with van der Waals surface area (Å²) in [6, 6.07) is 7.49. The second-order valence-corrected chi connectivity index (χ2v) is 4.11. The normalized spacial score (nSPS) is 13.0. The van der Waals surface area contributed by atoms with Crippen LogP contribution in [0.5, 0.6) is 0 Å². The van der Waals surface area contributed by atoms with E-state index in [1.165, 1.54) is 7.11 Å². The highest BCUT2D eigenvalue weighted by Gasteiger charge is 2.20. The first kappa shape index (κ1) is 10.1. The van der Waals surface area contributed by atoms with Gasteiger partial charge in [-0.3, -0.25) is 4.79 Å². The molecule has 0 fully saturated rings. The number of carbonyl (C=O) groups is 1. The Balaban J connectivity index is 2.42. The van der Waals surface area contributed by atoms with Gasteiger partial charge in [0, 0.05) is 6.54 Å². The quantitative estimate of drug-likeness (QED) is 0.693. The zero-order chi connectivity index (χ0) is 12.0. The van der Waals surface area contributed by atoms with E-state index in [0.29, 0.717) is 6.54 Å². The van der Waals surface area contributed by atoms with Crippen LogP contribution >= 0.6 is 0 Å². The third-order valence-electron chi connectivity index (χ3n) is 3.21. The summed E-state index contributed by atoms with van der Waals surface area (Å²) in [6.07, 6.45) is 0.844. The zero-order valence-corrected chi connectivity index (χ0v) is 9.40. The smallest absolute Gasteiger partial charge is 0.343 e. The standard InChI is InChI=1S/C13H11NO3/c1-17-13(16)10-7-9-4-2-3-8-5-6-14(11(8)9)12(10)15/h2-4,7H,5-6H2,1H3. The number of hydrogen-bond acceptors (Lipinski definition) is 3. The van der Waals surface area contributed by atoms with Crippen LogP contribution in [-0.4, -0.2) is 17.6 Å². The van der Waals surface area contributed by atoms with Gasteiger partial charge in [0.15, 0.2) is 0 Å². The Morgan fingerprint density at radius 3 is 3.00 bits per heavy atom. The van der Waals surface area contributed by atoms with E-state index >= 15 is 0 Å². The first-order valence-electron chi connectivity index (χ1n) is 5.46. The minimum Gasteiger partial charge on any atom is -0.465 e. The Labute approximate surface area is 97.4 Å². The van der Waals surface area contributed by atoms with Gasteiger partial charge in [-0.1, -0.05) is 18.2 Å². The van der Waals surface area contributed by atoms with E-state index < -0.39 is 5.97 Å². The lowest BCUT2D eigenvalue weighted by atomic mass is 10.1. The molecule has 17 heavy (non-hydrogen) atoms. The number of pyridine rings is 1. The van der Waals surface area contributed by atoms with Gasteiger partial charge < -0.3 is 9.30 Å². The Bertz CT molecular complexity index is 685. The molecule has 1 aliphatic heterocycles. The second-order valence-electron chi connectivity index (χ2n) is 4.11. The summed E-state index contributed by atoms with van der Waals surface area (Å²) < 4.78 is 6.29. The average molecular weight is 229 g/mol. The number of nitrogens with zero attached hydrogens (tertiary/aromatic N) is 1. The van der Waals surface area contributed by atoms with Crippen molar-refractivity contribution in [3.8, 4) is 0 Å². The van der Waals surface area contributed by atoms with Crippen LogP contribution in [0.15, 0.2) is 29.1 Å². The van der Waals surface area contributed by atoms with Crippen LogP contribution in [0.25, 0.3) is 10.9 Å². The van der Waals surface area contributed by atoms with Gasteiger partial charge in [0.05, 0.1) is 12.6 Å². The molecular formula is C13H11NO3. The lowest BCUT2D eigenvalue weighted by Crippen LogP contribution is -2.25. The highest BCUT2D eigenvalue weighted by Crippen LogP contribution is 2.24. The molecule has 0 radical (unpaired) electrons. The third kappa shape index (κ3) is 1.30. The third-order valence-corrected chi connectivity index (χ3v) is 3.21. The van der Waals surface area contributed by atoms with Crippen molar-refractivity contribution in [1.29, 1.82) is 0 Å². The maximum Gasteiger partial charge on any atom is 0.343 e. The molecule has 3 rings (SSSR count). The number of para-hydroxylation sites is 1. The van der Waals surface area contributed by atoms with Crippen LogP contribution < -0.4 is 5.56 Å². The lowest BCUT2D eigenvalue weighted by Gasteiger charge is -2.06. The zero-order valence-electron chi connectivity index (χ0n) is 9.40. The fourth-order valence-electron chi connectivity index (χ4n) is 2.42. The van der Waals surface area contributed by atoms with Crippen LogP contribution in [0.4, 0.5) is 0 Å². The fraction of sp³-hybridized carbons (Fsp3) is 0.231. The Hall–Kier alpha value is -2.10. The second kappa shape index (κ2) is 3.45. The molecule has 1 aromatic heterocycles. The van der Waals surface area contributed by atoms with Crippen LogP contribution in [0, 0.1) is 0 Å². The van der Waals surface area contributed by atoms with E-state index in [4.69, 9.17) is 0 Å². The highest BCUT2D eigenvalue weighted by atomic mass is 16.5. The largest absolute Gasteiger partial charge is 0.465 e. The molecule has 1 aliphatic rings. The highest BCUT2D eigenvalue weighted by molar-refractivity contribution is 5.94. The monoisotopic (exact) mass is 229 g/mol. The molecule has 0 atom stereocenters. The number of aromatic nitrogens is 1. The summed E-state index contributed by atoms with van der Waals surface area (Å²) in [6.45, 7) is 0.638. The van der Waals surface area contributed by atoms with Crippen LogP contribution in [0.3, 0.4) is 0 Å². The van der Waals surface area contributed by atoms with Crippen molar-refractivity contribution in [3.63, 3.8) is 0 Å². The summed E-state index contributed by atoms with van der Waals surface area (Å²) in [5.74, 6) is -0.571. The molecule has 2 heterocycles. The molecule has 0 saturated heterocycles. The summed E-state index contributed by atoms with van der Waals surface area (Å²) in [7, 11) is 1.28. The number of carbonyl (C=O) groups excluding carboxylic acids is 1. The van der Waals surface area contributed by atoms with E-state index in [1.807, 2.05) is 18.2 Å². The van der Waals surface area contributed by atoms with Crippen LogP contribution in [0.1, 0.15) is 15.9 Å². The SMILES string of the molecule is COC(=O)c1cc2cccc3c2n(c1=O)CC3. The Morgan fingerprint density at radius 2 is 2.24 bits per heavy atom. The molecule has 0 N–H and O–H groups in total. The first-order valence-corrected chi connectivity index (χ1v) is 5.46. The van der Waals surface area contributed by atoms with Gasteiger partial charge in [-0.2, -0.15) is 0 Å². The molecule has 2 aromatic rings. The maximum atomic E-state index is 12.1.